The van der Waals surface area contributed by atoms with Crippen LogP contribution in [0.15, 0.2) is 18.2 Å². The summed E-state index contributed by atoms with van der Waals surface area (Å²) in [5, 5.41) is 1.23. The Morgan fingerprint density at radius 2 is 1.83 bits per heavy atom. The topological polar surface area (TPSA) is 26.0 Å². The van der Waals surface area contributed by atoms with E-state index in [2.05, 4.69) is 6.92 Å². The summed E-state index contributed by atoms with van der Waals surface area (Å²) in [4.78, 5) is 0. The average Bonchev–Trinajstić information content (AvgIpc) is 2.35. The van der Waals surface area contributed by atoms with Gasteiger partial charge in [0.2, 0.25) is 0 Å². The van der Waals surface area contributed by atoms with E-state index in [-0.39, 0.29) is 11.5 Å². The van der Waals surface area contributed by atoms with Crippen LogP contribution in [0.5, 0.6) is 0 Å². The van der Waals surface area contributed by atoms with Crippen LogP contribution in [0.25, 0.3) is 0 Å². The van der Waals surface area contributed by atoms with Gasteiger partial charge in [0.15, 0.2) is 0 Å². The van der Waals surface area contributed by atoms with Crippen molar-refractivity contribution < 1.29 is 0 Å². The molecule has 18 heavy (non-hydrogen) atoms. The minimum Gasteiger partial charge on any atom is -0.327 e. The van der Waals surface area contributed by atoms with E-state index in [1.807, 2.05) is 18.2 Å². The molecule has 1 atom stereocenters. The van der Waals surface area contributed by atoms with Gasteiger partial charge in [-0.3, -0.25) is 0 Å². The zero-order valence-electron chi connectivity index (χ0n) is 10.9. The normalized spacial score (nSPS) is 20.7. The molecule has 0 amide bonds. The van der Waals surface area contributed by atoms with Crippen LogP contribution in [0, 0.1) is 5.41 Å². The van der Waals surface area contributed by atoms with Gasteiger partial charge in [0.25, 0.3) is 0 Å². The van der Waals surface area contributed by atoms with Crippen molar-refractivity contribution in [1.82, 2.24) is 0 Å². The predicted octanol–water partition coefficient (Wildman–Crippen LogP) is 4.83. The van der Waals surface area contributed by atoms with E-state index >= 15 is 0 Å². The third kappa shape index (κ3) is 3.20. The number of hydrogen-bond donors (Lipinski definition) is 1. The first-order chi connectivity index (χ1) is 8.51. The van der Waals surface area contributed by atoms with Crippen molar-refractivity contribution in [2.75, 3.05) is 0 Å². The van der Waals surface area contributed by atoms with Gasteiger partial charge in [-0.2, -0.15) is 0 Å². The molecule has 0 radical (unpaired) electrons. The first-order valence-electron chi connectivity index (χ1n) is 6.71. The fourth-order valence-electron chi connectivity index (χ4n) is 2.90. The summed E-state index contributed by atoms with van der Waals surface area (Å²) in [6.07, 6.45) is 7.35. The molecular formula is C15H21Cl2N. The maximum Gasteiger partial charge on any atom is 0.0595 e. The number of nitrogens with two attached hydrogens (primary N) is 1. The minimum absolute atomic E-state index is 0.204. The zero-order valence-corrected chi connectivity index (χ0v) is 12.4. The van der Waals surface area contributed by atoms with Crippen LogP contribution in [0.4, 0.5) is 0 Å². The summed E-state index contributed by atoms with van der Waals surface area (Å²) in [6, 6.07) is 6.03. The Morgan fingerprint density at radius 1 is 1.17 bits per heavy atom. The summed E-state index contributed by atoms with van der Waals surface area (Å²) < 4.78 is 0. The smallest absolute Gasteiger partial charge is 0.0595 e. The van der Waals surface area contributed by atoms with E-state index in [4.69, 9.17) is 28.9 Å². The van der Waals surface area contributed by atoms with E-state index in [0.717, 1.165) is 6.42 Å². The van der Waals surface area contributed by atoms with Crippen LogP contribution in [0.2, 0.25) is 10.0 Å². The highest BCUT2D eigenvalue weighted by Crippen LogP contribution is 2.39. The minimum atomic E-state index is 0.204. The molecule has 0 spiro atoms. The molecule has 100 valence electrons. The van der Waals surface area contributed by atoms with Gasteiger partial charge in [0.1, 0.15) is 0 Å². The molecule has 1 aromatic rings. The van der Waals surface area contributed by atoms with Crippen molar-refractivity contribution in [3.05, 3.63) is 33.8 Å². The van der Waals surface area contributed by atoms with Crippen LogP contribution in [0.1, 0.15) is 44.6 Å². The Hall–Kier alpha value is -0.240. The quantitative estimate of drug-likeness (QED) is 0.845. The van der Waals surface area contributed by atoms with Crippen LogP contribution in [-0.4, -0.2) is 6.04 Å². The lowest BCUT2D eigenvalue weighted by Crippen LogP contribution is -2.42. The molecule has 2 rings (SSSR count). The molecule has 0 heterocycles. The Labute approximate surface area is 120 Å². The highest BCUT2D eigenvalue weighted by molar-refractivity contribution is 6.42. The fourth-order valence-corrected chi connectivity index (χ4v) is 3.22. The number of hydrogen-bond acceptors (Lipinski definition) is 1. The van der Waals surface area contributed by atoms with Crippen molar-refractivity contribution in [3.63, 3.8) is 0 Å². The van der Waals surface area contributed by atoms with Gasteiger partial charge in [0, 0.05) is 6.04 Å². The van der Waals surface area contributed by atoms with Gasteiger partial charge in [0.05, 0.1) is 10.0 Å². The number of rotatable bonds is 3. The molecule has 0 bridgehead atoms. The van der Waals surface area contributed by atoms with Gasteiger partial charge < -0.3 is 5.73 Å². The van der Waals surface area contributed by atoms with Crippen molar-refractivity contribution in [2.45, 2.75) is 51.5 Å². The average molecular weight is 286 g/mol. The molecule has 1 saturated carbocycles. The highest BCUT2D eigenvalue weighted by atomic mass is 35.5. The van der Waals surface area contributed by atoms with Crippen molar-refractivity contribution in [1.29, 1.82) is 0 Å². The molecule has 1 aliphatic rings. The molecule has 1 nitrogen and oxygen atoms in total. The van der Waals surface area contributed by atoms with Gasteiger partial charge in [-0.05, 0) is 42.4 Å². The van der Waals surface area contributed by atoms with Crippen molar-refractivity contribution in [2.24, 2.45) is 11.1 Å². The maximum absolute atomic E-state index is 6.43. The predicted molar refractivity (Wildman–Crippen MR) is 79.3 cm³/mol. The van der Waals surface area contributed by atoms with E-state index in [0.29, 0.717) is 10.0 Å². The van der Waals surface area contributed by atoms with Gasteiger partial charge >= 0.3 is 0 Å². The summed E-state index contributed by atoms with van der Waals surface area (Å²) in [7, 11) is 0. The lowest BCUT2D eigenvalue weighted by molar-refractivity contribution is 0.169. The molecule has 0 saturated heterocycles. The molecule has 1 unspecified atom stereocenters. The van der Waals surface area contributed by atoms with E-state index in [1.165, 1.54) is 37.7 Å². The Bertz CT molecular complexity index is 411. The van der Waals surface area contributed by atoms with Gasteiger partial charge in [-0.1, -0.05) is 55.5 Å². The van der Waals surface area contributed by atoms with Crippen molar-refractivity contribution in [3.8, 4) is 0 Å². The lowest BCUT2D eigenvalue weighted by atomic mass is 9.69. The van der Waals surface area contributed by atoms with Gasteiger partial charge in [-0.25, -0.2) is 0 Å². The molecule has 0 aromatic heterocycles. The van der Waals surface area contributed by atoms with Gasteiger partial charge in [-0.15, -0.1) is 0 Å². The van der Waals surface area contributed by atoms with Crippen LogP contribution in [0.3, 0.4) is 0 Å². The monoisotopic (exact) mass is 285 g/mol. The van der Waals surface area contributed by atoms with E-state index in [1.54, 1.807) is 0 Å². The molecule has 1 aliphatic carbocycles. The third-order valence-electron chi connectivity index (χ3n) is 4.33. The fraction of sp³-hybridized carbons (Fsp3) is 0.600. The number of halogens is 2. The third-order valence-corrected chi connectivity index (χ3v) is 5.07. The standard InChI is InChI=1S/C15H21Cl2N/c1-15(7-3-2-4-8-15)14(18)10-11-5-6-12(16)13(17)9-11/h5-6,9,14H,2-4,7-8,10,18H2,1H3. The molecule has 3 heteroatoms. The van der Waals surface area contributed by atoms with E-state index in [9.17, 15) is 0 Å². The molecular weight excluding hydrogens is 265 g/mol. The Balaban J connectivity index is 2.05. The second kappa shape index (κ2) is 5.81. The Kier molecular flexibility index (Phi) is 4.58. The number of benzene rings is 1. The lowest BCUT2D eigenvalue weighted by Gasteiger charge is -2.39. The first-order valence-corrected chi connectivity index (χ1v) is 7.46. The second-order valence-electron chi connectivity index (χ2n) is 5.77. The molecule has 0 aliphatic heterocycles. The SMILES string of the molecule is CC1(C(N)Cc2ccc(Cl)c(Cl)c2)CCCCC1. The zero-order chi connectivity index (χ0) is 13.2. The summed E-state index contributed by atoms with van der Waals surface area (Å²) in [5.74, 6) is 0. The second-order valence-corrected chi connectivity index (χ2v) is 6.59. The van der Waals surface area contributed by atoms with Crippen LogP contribution < -0.4 is 5.73 Å². The van der Waals surface area contributed by atoms with Crippen LogP contribution in [-0.2, 0) is 6.42 Å². The highest BCUT2D eigenvalue weighted by Gasteiger charge is 2.33. The molecule has 1 fully saturated rings. The first kappa shape index (κ1) is 14.2. The largest absolute Gasteiger partial charge is 0.327 e. The van der Waals surface area contributed by atoms with Crippen molar-refractivity contribution >= 4 is 23.2 Å². The Morgan fingerprint density at radius 3 is 2.44 bits per heavy atom. The maximum atomic E-state index is 6.43. The summed E-state index contributed by atoms with van der Waals surface area (Å²) in [5.41, 5.74) is 7.89. The molecule has 2 N–H and O–H groups in total. The summed E-state index contributed by atoms with van der Waals surface area (Å²) in [6.45, 7) is 2.33. The van der Waals surface area contributed by atoms with Crippen LogP contribution >= 0.6 is 23.2 Å². The summed E-state index contributed by atoms with van der Waals surface area (Å²) >= 11 is 12.0. The molecule has 1 aromatic carbocycles. The van der Waals surface area contributed by atoms with E-state index < -0.39 is 0 Å².